The Morgan fingerprint density at radius 2 is 1.16 bits per heavy atom. The largest absolute Gasteiger partial charge is 0.310 e. The third-order valence-electron chi connectivity index (χ3n) is 12.5. The van der Waals surface area contributed by atoms with E-state index in [1.807, 2.05) is 0 Å². The van der Waals surface area contributed by atoms with Gasteiger partial charge < -0.3 is 4.90 Å². The van der Waals surface area contributed by atoms with Gasteiger partial charge in [0.05, 0.1) is 5.69 Å². The van der Waals surface area contributed by atoms with Gasteiger partial charge in [-0.15, -0.1) is 0 Å². The fraction of sp³-hybridized carbons (Fsp3) is 0.375. The van der Waals surface area contributed by atoms with Gasteiger partial charge in [0.1, 0.15) is 0 Å². The van der Waals surface area contributed by atoms with Crippen molar-refractivity contribution in [1.82, 2.24) is 0 Å². The minimum Gasteiger partial charge on any atom is -0.310 e. The fourth-order valence-corrected chi connectivity index (χ4v) is 9.34. The number of anilines is 3. The van der Waals surface area contributed by atoms with Crippen molar-refractivity contribution >= 4 is 17.1 Å². The molecule has 0 atom stereocenters. The summed E-state index contributed by atoms with van der Waals surface area (Å²) >= 11 is 0. The molecule has 0 saturated carbocycles. The van der Waals surface area contributed by atoms with E-state index in [0.29, 0.717) is 5.92 Å². The van der Waals surface area contributed by atoms with Gasteiger partial charge in [-0.05, 0) is 153 Å². The monoisotopic (exact) mass is 643 g/mol. The number of hydrogen-bond donors (Lipinski definition) is 0. The highest BCUT2D eigenvalue weighted by molar-refractivity contribution is 5.95. The molecule has 0 fully saturated rings. The summed E-state index contributed by atoms with van der Waals surface area (Å²) in [4.78, 5) is 2.57. The van der Waals surface area contributed by atoms with Crippen LogP contribution >= 0.6 is 0 Å². The second kappa shape index (κ2) is 11.5. The number of fused-ring (bicyclic) bond motifs is 5. The molecule has 1 heteroatoms. The lowest BCUT2D eigenvalue weighted by molar-refractivity contribution is 0.331. The number of hydrogen-bond acceptors (Lipinski definition) is 1. The standard InChI is InChI=1S/C48H53N/c1-31(2)37-28-43-44(47(5,6)25-24-46(43,3)4)29-38(37)40-27-39-36-20-14-15-21-41(36)48(7,8)42(39)30-45(40)49(34-18-10-9-11-19-34)35-23-22-32-16-12-13-17-33(32)26-35/h9-11,14-15,18-23,26-31H,12-13,16-17,24-25H2,1-8H3. The number of benzene rings is 5. The van der Waals surface area contributed by atoms with Crippen molar-refractivity contribution in [2.75, 3.05) is 4.90 Å². The Hall–Kier alpha value is -4.10. The Bertz CT molecular complexity index is 2070. The molecule has 5 aromatic carbocycles. The van der Waals surface area contributed by atoms with Crippen LogP contribution in [0, 0.1) is 0 Å². The van der Waals surface area contributed by atoms with E-state index < -0.39 is 0 Å². The molecule has 3 aliphatic carbocycles. The molecule has 0 saturated heterocycles. The molecule has 0 spiro atoms. The van der Waals surface area contributed by atoms with Crippen LogP contribution in [0.5, 0.6) is 0 Å². The van der Waals surface area contributed by atoms with Gasteiger partial charge in [-0.3, -0.25) is 0 Å². The smallest absolute Gasteiger partial charge is 0.0543 e. The Kier molecular flexibility index (Phi) is 7.52. The molecule has 0 aliphatic heterocycles. The van der Waals surface area contributed by atoms with Crippen LogP contribution < -0.4 is 4.90 Å². The molecule has 1 nitrogen and oxygen atoms in total. The number of rotatable bonds is 5. The van der Waals surface area contributed by atoms with Crippen molar-refractivity contribution in [3.05, 3.63) is 136 Å². The molecule has 0 N–H and O–H groups in total. The van der Waals surface area contributed by atoms with Crippen molar-refractivity contribution in [1.29, 1.82) is 0 Å². The lowest BCUT2D eigenvalue weighted by atomic mass is 9.62. The van der Waals surface area contributed by atoms with E-state index in [9.17, 15) is 0 Å². The molecule has 250 valence electrons. The van der Waals surface area contributed by atoms with Crippen LogP contribution in [0.1, 0.15) is 126 Å². The topological polar surface area (TPSA) is 3.24 Å². The van der Waals surface area contributed by atoms with Gasteiger partial charge in [-0.1, -0.05) is 110 Å². The number of aryl methyl sites for hydroxylation is 2. The molecule has 3 aliphatic rings. The average Bonchev–Trinajstić information content (AvgIpc) is 3.32. The molecule has 0 aromatic heterocycles. The van der Waals surface area contributed by atoms with Gasteiger partial charge in [0.2, 0.25) is 0 Å². The van der Waals surface area contributed by atoms with Crippen LogP contribution in [0.25, 0.3) is 22.3 Å². The number of para-hydroxylation sites is 1. The first kappa shape index (κ1) is 32.1. The Morgan fingerprint density at radius 3 is 1.88 bits per heavy atom. The van der Waals surface area contributed by atoms with E-state index in [0.717, 1.165) is 0 Å². The van der Waals surface area contributed by atoms with Gasteiger partial charge in [0, 0.05) is 22.4 Å². The maximum atomic E-state index is 2.62. The molecule has 49 heavy (non-hydrogen) atoms. The first-order valence-electron chi connectivity index (χ1n) is 18.8. The highest BCUT2D eigenvalue weighted by Crippen LogP contribution is 2.55. The predicted molar refractivity (Wildman–Crippen MR) is 210 cm³/mol. The first-order valence-corrected chi connectivity index (χ1v) is 18.8. The van der Waals surface area contributed by atoms with E-state index in [2.05, 4.69) is 157 Å². The Labute approximate surface area is 295 Å². The van der Waals surface area contributed by atoms with Crippen molar-refractivity contribution in [2.24, 2.45) is 0 Å². The second-order valence-corrected chi connectivity index (χ2v) is 17.3. The predicted octanol–water partition coefficient (Wildman–Crippen LogP) is 13.5. The molecule has 0 radical (unpaired) electrons. The van der Waals surface area contributed by atoms with Gasteiger partial charge in [-0.25, -0.2) is 0 Å². The SMILES string of the molecule is CC(C)c1cc2c(cc1-c1cc3c(cc1N(c1ccccc1)c1ccc4c(c1)CCCC4)C(C)(C)c1ccccc1-3)C(C)(C)CCC2(C)C. The van der Waals surface area contributed by atoms with Gasteiger partial charge in [-0.2, -0.15) is 0 Å². The zero-order valence-corrected chi connectivity index (χ0v) is 31.0. The molecule has 0 bridgehead atoms. The van der Waals surface area contributed by atoms with Crippen LogP contribution in [-0.2, 0) is 29.1 Å². The molecule has 0 unspecified atom stereocenters. The number of nitrogens with zero attached hydrogens (tertiary/aromatic N) is 1. The lowest BCUT2D eigenvalue weighted by Crippen LogP contribution is -2.34. The minimum atomic E-state index is -0.0971. The minimum absolute atomic E-state index is 0.0971. The summed E-state index contributed by atoms with van der Waals surface area (Å²) in [5.41, 5.74) is 19.8. The third kappa shape index (κ3) is 5.19. The maximum absolute atomic E-state index is 2.62. The van der Waals surface area contributed by atoms with Gasteiger partial charge in [0.25, 0.3) is 0 Å². The van der Waals surface area contributed by atoms with Crippen molar-refractivity contribution in [3.8, 4) is 22.3 Å². The molecule has 0 heterocycles. The summed E-state index contributed by atoms with van der Waals surface area (Å²) in [6.07, 6.45) is 7.35. The fourth-order valence-electron chi connectivity index (χ4n) is 9.34. The van der Waals surface area contributed by atoms with Crippen molar-refractivity contribution in [3.63, 3.8) is 0 Å². The third-order valence-corrected chi connectivity index (χ3v) is 12.5. The maximum Gasteiger partial charge on any atom is 0.0543 e. The van der Waals surface area contributed by atoms with Crippen LogP contribution in [0.3, 0.4) is 0 Å². The zero-order valence-electron chi connectivity index (χ0n) is 31.0. The van der Waals surface area contributed by atoms with E-state index in [4.69, 9.17) is 0 Å². The summed E-state index contributed by atoms with van der Waals surface area (Å²) < 4.78 is 0. The van der Waals surface area contributed by atoms with E-state index in [-0.39, 0.29) is 16.2 Å². The molecule has 8 rings (SSSR count). The molecule has 0 amide bonds. The quantitative estimate of drug-likeness (QED) is 0.184. The van der Waals surface area contributed by atoms with Crippen molar-refractivity contribution in [2.45, 2.75) is 116 Å². The normalized spacial score (nSPS) is 18.0. The zero-order chi connectivity index (χ0) is 34.3. The molecular formula is C48H53N. The molecular weight excluding hydrogens is 591 g/mol. The van der Waals surface area contributed by atoms with Crippen LogP contribution in [-0.4, -0.2) is 0 Å². The summed E-state index contributed by atoms with van der Waals surface area (Å²) in [5, 5.41) is 0. The van der Waals surface area contributed by atoms with Crippen molar-refractivity contribution < 1.29 is 0 Å². The van der Waals surface area contributed by atoms with Gasteiger partial charge >= 0.3 is 0 Å². The average molecular weight is 644 g/mol. The van der Waals surface area contributed by atoms with E-state index in [1.54, 1.807) is 5.56 Å². The lowest BCUT2D eigenvalue weighted by Gasteiger charge is -2.43. The van der Waals surface area contributed by atoms with E-state index >= 15 is 0 Å². The summed E-state index contributed by atoms with van der Waals surface area (Å²) in [7, 11) is 0. The van der Waals surface area contributed by atoms with Crippen LogP contribution in [0.4, 0.5) is 17.1 Å². The Balaban J connectivity index is 1.48. The summed E-state index contributed by atoms with van der Waals surface area (Å²) in [5.74, 6) is 0.389. The summed E-state index contributed by atoms with van der Waals surface area (Å²) in [6, 6.07) is 37.9. The second-order valence-electron chi connectivity index (χ2n) is 17.3. The highest BCUT2D eigenvalue weighted by Gasteiger charge is 2.40. The van der Waals surface area contributed by atoms with Gasteiger partial charge in [0.15, 0.2) is 0 Å². The Morgan fingerprint density at radius 1 is 0.510 bits per heavy atom. The van der Waals surface area contributed by atoms with Crippen LogP contribution in [0.2, 0.25) is 0 Å². The molecule has 5 aromatic rings. The van der Waals surface area contributed by atoms with Crippen LogP contribution in [0.15, 0.2) is 97.1 Å². The summed E-state index contributed by atoms with van der Waals surface area (Å²) in [6.45, 7) is 19.4. The highest BCUT2D eigenvalue weighted by atomic mass is 15.1. The first-order chi connectivity index (χ1) is 23.4. The van der Waals surface area contributed by atoms with E-state index in [1.165, 1.54) is 111 Å².